The fourth-order valence-electron chi connectivity index (χ4n) is 2.32. The van der Waals surface area contributed by atoms with Crippen molar-refractivity contribution in [2.24, 2.45) is 0 Å². The van der Waals surface area contributed by atoms with Gasteiger partial charge in [-0.1, -0.05) is 36.4 Å². The zero-order valence-electron chi connectivity index (χ0n) is 12.0. The molecule has 0 N–H and O–H groups in total. The maximum absolute atomic E-state index is 12.2. The molecule has 3 aromatic rings. The number of thiophene rings is 1. The molecule has 0 saturated carbocycles. The molecule has 1 aromatic heterocycles. The lowest BCUT2D eigenvalue weighted by molar-refractivity contribution is 0.0606. The standard InChI is InChI=1S/C18H14O3S/c1-21-18(20)17-11-14-9-12(7-8-16(14)22-17)10-15(19)13-5-3-2-4-6-13/h2-9,11H,10H2,1H3. The van der Waals surface area contributed by atoms with Gasteiger partial charge in [0.1, 0.15) is 4.88 Å². The Morgan fingerprint density at radius 3 is 2.55 bits per heavy atom. The lowest BCUT2D eigenvalue weighted by Crippen LogP contribution is -2.02. The molecule has 2 aromatic carbocycles. The Morgan fingerprint density at radius 1 is 1.05 bits per heavy atom. The minimum absolute atomic E-state index is 0.0865. The van der Waals surface area contributed by atoms with Crippen LogP contribution >= 0.6 is 11.3 Å². The zero-order valence-corrected chi connectivity index (χ0v) is 12.9. The number of fused-ring (bicyclic) bond motifs is 1. The van der Waals surface area contributed by atoms with Gasteiger partial charge in [0, 0.05) is 16.7 Å². The molecule has 110 valence electrons. The first-order valence-corrected chi connectivity index (χ1v) is 7.68. The quantitative estimate of drug-likeness (QED) is 0.538. The van der Waals surface area contributed by atoms with E-state index in [2.05, 4.69) is 0 Å². The lowest BCUT2D eigenvalue weighted by Gasteiger charge is -2.01. The highest BCUT2D eigenvalue weighted by atomic mass is 32.1. The van der Waals surface area contributed by atoms with E-state index in [1.54, 1.807) is 0 Å². The van der Waals surface area contributed by atoms with E-state index in [9.17, 15) is 9.59 Å². The van der Waals surface area contributed by atoms with Crippen molar-refractivity contribution in [1.29, 1.82) is 0 Å². The summed E-state index contributed by atoms with van der Waals surface area (Å²) in [5.41, 5.74) is 1.65. The van der Waals surface area contributed by atoms with Crippen LogP contribution in [0.3, 0.4) is 0 Å². The average Bonchev–Trinajstić information content (AvgIpc) is 2.98. The van der Waals surface area contributed by atoms with Crippen molar-refractivity contribution in [3.8, 4) is 0 Å². The predicted octanol–water partition coefficient (Wildman–Crippen LogP) is 4.11. The van der Waals surface area contributed by atoms with Gasteiger partial charge >= 0.3 is 5.97 Å². The molecule has 22 heavy (non-hydrogen) atoms. The van der Waals surface area contributed by atoms with Gasteiger partial charge in [-0.15, -0.1) is 11.3 Å². The second kappa shape index (κ2) is 6.12. The van der Waals surface area contributed by atoms with Gasteiger partial charge in [-0.3, -0.25) is 4.79 Å². The second-order valence-electron chi connectivity index (χ2n) is 4.94. The predicted molar refractivity (Wildman–Crippen MR) is 87.6 cm³/mol. The lowest BCUT2D eigenvalue weighted by atomic mass is 10.0. The van der Waals surface area contributed by atoms with Crippen LogP contribution in [0.15, 0.2) is 54.6 Å². The summed E-state index contributed by atoms with van der Waals surface area (Å²) >= 11 is 1.39. The first-order valence-electron chi connectivity index (χ1n) is 6.86. The summed E-state index contributed by atoms with van der Waals surface area (Å²) in [4.78, 5) is 24.4. The Kier molecular flexibility index (Phi) is 4.02. The number of rotatable bonds is 4. The molecule has 0 amide bonds. The van der Waals surface area contributed by atoms with E-state index < -0.39 is 0 Å². The van der Waals surface area contributed by atoms with Crippen LogP contribution in [0.25, 0.3) is 10.1 Å². The average molecular weight is 310 g/mol. The van der Waals surface area contributed by atoms with E-state index in [-0.39, 0.29) is 11.8 Å². The third-order valence-corrected chi connectivity index (χ3v) is 4.52. The molecule has 0 atom stereocenters. The molecule has 0 unspecified atom stereocenters. The number of Topliss-reactive ketones (excluding diaryl/α,β-unsaturated/α-hetero) is 1. The van der Waals surface area contributed by atoms with E-state index in [4.69, 9.17) is 4.74 Å². The van der Waals surface area contributed by atoms with Crippen LogP contribution < -0.4 is 0 Å². The van der Waals surface area contributed by atoms with Crippen LogP contribution in [0.1, 0.15) is 25.6 Å². The molecular formula is C18H14O3S. The third kappa shape index (κ3) is 2.92. The van der Waals surface area contributed by atoms with Crippen molar-refractivity contribution in [3.63, 3.8) is 0 Å². The monoisotopic (exact) mass is 310 g/mol. The topological polar surface area (TPSA) is 43.4 Å². The summed E-state index contributed by atoms with van der Waals surface area (Å²) in [5.74, 6) is -0.244. The highest BCUT2D eigenvalue weighted by molar-refractivity contribution is 7.20. The highest BCUT2D eigenvalue weighted by Gasteiger charge is 2.12. The van der Waals surface area contributed by atoms with Crippen molar-refractivity contribution in [2.75, 3.05) is 7.11 Å². The molecule has 0 aliphatic carbocycles. The molecule has 1 heterocycles. The minimum Gasteiger partial charge on any atom is -0.465 e. The minimum atomic E-state index is -0.330. The summed E-state index contributed by atoms with van der Waals surface area (Å²) in [6, 6.07) is 16.9. The maximum Gasteiger partial charge on any atom is 0.348 e. The van der Waals surface area contributed by atoms with E-state index in [0.717, 1.165) is 15.6 Å². The molecule has 3 rings (SSSR count). The largest absolute Gasteiger partial charge is 0.465 e. The summed E-state index contributed by atoms with van der Waals surface area (Å²) < 4.78 is 5.75. The molecule has 0 saturated heterocycles. The van der Waals surface area contributed by atoms with Crippen molar-refractivity contribution < 1.29 is 14.3 Å². The smallest absolute Gasteiger partial charge is 0.348 e. The van der Waals surface area contributed by atoms with Crippen molar-refractivity contribution in [3.05, 3.63) is 70.6 Å². The second-order valence-corrected chi connectivity index (χ2v) is 6.02. The molecule has 0 aliphatic rings. The molecule has 3 nitrogen and oxygen atoms in total. The Balaban J connectivity index is 1.86. The maximum atomic E-state index is 12.2. The number of carbonyl (C=O) groups is 2. The summed E-state index contributed by atoms with van der Waals surface area (Å²) in [5, 5.41) is 0.962. The number of hydrogen-bond donors (Lipinski definition) is 0. The Labute approximate surface area is 132 Å². The number of esters is 1. The van der Waals surface area contributed by atoms with Crippen LogP contribution in [0.4, 0.5) is 0 Å². The van der Waals surface area contributed by atoms with Gasteiger partial charge in [-0.05, 0) is 29.1 Å². The molecule has 4 heteroatoms. The van der Waals surface area contributed by atoms with Gasteiger partial charge in [0.25, 0.3) is 0 Å². The van der Waals surface area contributed by atoms with Crippen molar-refractivity contribution in [2.45, 2.75) is 6.42 Å². The van der Waals surface area contributed by atoms with E-state index in [1.165, 1.54) is 18.4 Å². The van der Waals surface area contributed by atoms with Gasteiger partial charge in [-0.25, -0.2) is 4.79 Å². The summed E-state index contributed by atoms with van der Waals surface area (Å²) in [7, 11) is 1.37. The molecule has 0 bridgehead atoms. The molecular weight excluding hydrogens is 296 g/mol. The fourth-order valence-corrected chi connectivity index (χ4v) is 3.28. The summed E-state index contributed by atoms with van der Waals surface area (Å²) in [6.07, 6.45) is 0.351. The van der Waals surface area contributed by atoms with Gasteiger partial charge in [0.05, 0.1) is 7.11 Å². The number of ether oxygens (including phenoxy) is 1. The van der Waals surface area contributed by atoms with Crippen LogP contribution in [-0.2, 0) is 11.2 Å². The van der Waals surface area contributed by atoms with Crippen LogP contribution in [0, 0.1) is 0 Å². The van der Waals surface area contributed by atoms with Crippen LogP contribution in [0.5, 0.6) is 0 Å². The van der Waals surface area contributed by atoms with Gasteiger partial charge in [0.2, 0.25) is 0 Å². The van der Waals surface area contributed by atoms with Crippen LogP contribution in [-0.4, -0.2) is 18.9 Å². The Morgan fingerprint density at radius 2 is 1.82 bits per heavy atom. The Bertz CT molecular complexity index is 834. The van der Waals surface area contributed by atoms with Gasteiger partial charge < -0.3 is 4.74 Å². The third-order valence-electron chi connectivity index (χ3n) is 3.43. The number of carbonyl (C=O) groups excluding carboxylic acids is 2. The number of hydrogen-bond acceptors (Lipinski definition) is 4. The first kappa shape index (κ1) is 14.5. The van der Waals surface area contributed by atoms with Crippen molar-refractivity contribution in [1.82, 2.24) is 0 Å². The Hall–Kier alpha value is -2.46. The zero-order chi connectivity index (χ0) is 15.5. The van der Waals surface area contributed by atoms with Gasteiger partial charge in [0.15, 0.2) is 5.78 Å². The molecule has 0 aliphatic heterocycles. The van der Waals surface area contributed by atoms with E-state index >= 15 is 0 Å². The number of methoxy groups -OCH3 is 1. The molecule has 0 radical (unpaired) electrons. The van der Waals surface area contributed by atoms with Crippen molar-refractivity contribution >= 4 is 33.2 Å². The molecule has 0 spiro atoms. The first-order chi connectivity index (χ1) is 10.7. The van der Waals surface area contributed by atoms with E-state index in [1.807, 2.05) is 54.6 Å². The van der Waals surface area contributed by atoms with Crippen LogP contribution in [0.2, 0.25) is 0 Å². The fraction of sp³-hybridized carbons (Fsp3) is 0.111. The highest BCUT2D eigenvalue weighted by Crippen LogP contribution is 2.27. The SMILES string of the molecule is COC(=O)c1cc2cc(CC(=O)c3ccccc3)ccc2s1. The summed E-state index contributed by atoms with van der Waals surface area (Å²) in [6.45, 7) is 0. The number of benzene rings is 2. The van der Waals surface area contributed by atoms with E-state index in [0.29, 0.717) is 16.9 Å². The normalized spacial score (nSPS) is 10.6. The van der Waals surface area contributed by atoms with Gasteiger partial charge in [-0.2, -0.15) is 0 Å². The number of ketones is 1. The molecule has 0 fully saturated rings.